The molecule has 0 aromatic heterocycles. The molecule has 0 rings (SSSR count). The minimum atomic E-state index is 1.21. The molecular formula is C7H18NP. The van der Waals surface area contributed by atoms with E-state index in [-0.39, 0.29) is 0 Å². The maximum Gasteiger partial charge on any atom is 0.00160 e. The average molecular weight is 147 g/mol. The summed E-state index contributed by atoms with van der Waals surface area (Å²) in [4.78, 5) is 0. The third-order valence-electron chi connectivity index (χ3n) is 1.31. The Balaban J connectivity index is 2.95. The minimum absolute atomic E-state index is 1.21. The van der Waals surface area contributed by atoms with Crippen molar-refractivity contribution in [2.24, 2.45) is 0 Å². The number of hydrogen-bond donors (Lipinski definition) is 0. The molecule has 56 valence electrons. The van der Waals surface area contributed by atoms with Crippen molar-refractivity contribution in [3.63, 3.8) is 0 Å². The molecule has 0 aliphatic rings. The molecular weight excluding hydrogens is 129 g/mol. The highest BCUT2D eigenvalue weighted by molar-refractivity contribution is 7.13. The first-order valence-corrected chi connectivity index (χ1v) is 4.32. The summed E-state index contributed by atoms with van der Waals surface area (Å²) in [5.41, 5.74) is 0. The SMILES string of the molecule is CCCCN(P)CCC. The van der Waals surface area contributed by atoms with E-state index in [9.17, 15) is 0 Å². The van der Waals surface area contributed by atoms with Crippen molar-refractivity contribution in [1.29, 1.82) is 0 Å². The fourth-order valence-corrected chi connectivity index (χ4v) is 1.20. The van der Waals surface area contributed by atoms with Gasteiger partial charge in [-0.2, -0.15) is 0 Å². The molecule has 2 heteroatoms. The molecule has 0 bridgehead atoms. The molecule has 1 unspecified atom stereocenters. The summed E-state index contributed by atoms with van der Waals surface area (Å²) in [6, 6.07) is 0. The molecule has 0 heterocycles. The van der Waals surface area contributed by atoms with Gasteiger partial charge in [0.15, 0.2) is 0 Å². The molecule has 1 atom stereocenters. The second kappa shape index (κ2) is 6.51. The fraction of sp³-hybridized carbons (Fsp3) is 1.00. The summed E-state index contributed by atoms with van der Waals surface area (Å²) >= 11 is 0. The molecule has 0 amide bonds. The van der Waals surface area contributed by atoms with Gasteiger partial charge in [0, 0.05) is 13.1 Å². The molecule has 0 fully saturated rings. The molecule has 0 spiro atoms. The van der Waals surface area contributed by atoms with E-state index in [1.54, 1.807) is 0 Å². The topological polar surface area (TPSA) is 3.24 Å². The first-order chi connectivity index (χ1) is 4.31. The van der Waals surface area contributed by atoms with E-state index in [2.05, 4.69) is 27.9 Å². The smallest absolute Gasteiger partial charge is 0.00160 e. The highest BCUT2D eigenvalue weighted by atomic mass is 31.0. The Morgan fingerprint density at radius 1 is 1.11 bits per heavy atom. The molecule has 0 saturated heterocycles. The van der Waals surface area contributed by atoms with E-state index in [0.29, 0.717) is 0 Å². The van der Waals surface area contributed by atoms with Gasteiger partial charge in [-0.1, -0.05) is 29.7 Å². The quantitative estimate of drug-likeness (QED) is 0.539. The normalized spacial score (nSPS) is 10.7. The molecule has 0 radical (unpaired) electrons. The van der Waals surface area contributed by atoms with Crippen molar-refractivity contribution in [2.75, 3.05) is 13.1 Å². The Labute approximate surface area is 61.1 Å². The van der Waals surface area contributed by atoms with Crippen LogP contribution < -0.4 is 0 Å². The van der Waals surface area contributed by atoms with Gasteiger partial charge in [0.05, 0.1) is 0 Å². The van der Waals surface area contributed by atoms with Gasteiger partial charge in [-0.3, -0.25) is 4.67 Å². The van der Waals surface area contributed by atoms with Crippen LogP contribution in [-0.4, -0.2) is 17.8 Å². The zero-order valence-electron chi connectivity index (χ0n) is 6.56. The van der Waals surface area contributed by atoms with Crippen LogP contribution in [0.3, 0.4) is 0 Å². The van der Waals surface area contributed by atoms with Crippen molar-refractivity contribution in [3.05, 3.63) is 0 Å². The van der Waals surface area contributed by atoms with Gasteiger partial charge >= 0.3 is 0 Å². The average Bonchev–Trinajstić information content (AvgIpc) is 1.85. The van der Waals surface area contributed by atoms with Gasteiger partial charge in [0.1, 0.15) is 0 Å². The van der Waals surface area contributed by atoms with E-state index in [1.807, 2.05) is 0 Å². The summed E-state index contributed by atoms with van der Waals surface area (Å²) in [6.45, 7) is 6.88. The molecule has 0 aliphatic carbocycles. The van der Waals surface area contributed by atoms with Crippen LogP contribution in [0.15, 0.2) is 0 Å². The van der Waals surface area contributed by atoms with Gasteiger partial charge < -0.3 is 0 Å². The van der Waals surface area contributed by atoms with Crippen molar-refractivity contribution >= 4 is 9.39 Å². The second-order valence-corrected chi connectivity index (χ2v) is 3.12. The highest BCUT2D eigenvalue weighted by Gasteiger charge is 1.92. The van der Waals surface area contributed by atoms with Crippen LogP contribution >= 0.6 is 9.39 Å². The fourth-order valence-electron chi connectivity index (χ4n) is 0.760. The van der Waals surface area contributed by atoms with Crippen LogP contribution in [0.2, 0.25) is 0 Å². The summed E-state index contributed by atoms with van der Waals surface area (Å²) in [5.74, 6) is 0. The van der Waals surface area contributed by atoms with Gasteiger partial charge in [0.2, 0.25) is 0 Å². The van der Waals surface area contributed by atoms with Crippen LogP contribution in [0.1, 0.15) is 33.1 Å². The van der Waals surface area contributed by atoms with E-state index < -0.39 is 0 Å². The predicted molar refractivity (Wildman–Crippen MR) is 46.5 cm³/mol. The molecule has 0 aromatic carbocycles. The minimum Gasteiger partial charge on any atom is -0.287 e. The van der Waals surface area contributed by atoms with Crippen molar-refractivity contribution in [1.82, 2.24) is 4.67 Å². The van der Waals surface area contributed by atoms with Crippen LogP contribution in [0.25, 0.3) is 0 Å². The lowest BCUT2D eigenvalue weighted by molar-refractivity contribution is 0.454. The first kappa shape index (κ1) is 9.39. The zero-order valence-corrected chi connectivity index (χ0v) is 7.71. The van der Waals surface area contributed by atoms with Crippen LogP contribution in [0.5, 0.6) is 0 Å². The Morgan fingerprint density at radius 3 is 2.22 bits per heavy atom. The first-order valence-electron chi connectivity index (χ1n) is 3.80. The van der Waals surface area contributed by atoms with Crippen molar-refractivity contribution < 1.29 is 0 Å². The lowest BCUT2D eigenvalue weighted by atomic mass is 10.3. The number of unbranched alkanes of at least 4 members (excludes halogenated alkanes) is 1. The van der Waals surface area contributed by atoms with Crippen molar-refractivity contribution in [2.45, 2.75) is 33.1 Å². The third-order valence-corrected chi connectivity index (χ3v) is 1.83. The maximum atomic E-state index is 2.76. The largest absolute Gasteiger partial charge is 0.287 e. The summed E-state index contributed by atoms with van der Waals surface area (Å²) in [7, 11) is 2.76. The lowest BCUT2D eigenvalue weighted by Gasteiger charge is -2.13. The molecule has 9 heavy (non-hydrogen) atoms. The number of hydrogen-bond acceptors (Lipinski definition) is 1. The van der Waals surface area contributed by atoms with Gasteiger partial charge in [-0.25, -0.2) is 0 Å². The Morgan fingerprint density at radius 2 is 1.78 bits per heavy atom. The summed E-state index contributed by atoms with van der Waals surface area (Å²) in [6.07, 6.45) is 3.88. The van der Waals surface area contributed by atoms with Gasteiger partial charge in [-0.05, 0) is 12.8 Å². The third kappa shape index (κ3) is 6.27. The molecule has 1 nitrogen and oxygen atoms in total. The Kier molecular flexibility index (Phi) is 6.79. The Bertz CT molecular complexity index is 56.9. The maximum absolute atomic E-state index is 2.76. The van der Waals surface area contributed by atoms with E-state index in [1.165, 1.54) is 32.4 Å². The molecule has 0 saturated carbocycles. The van der Waals surface area contributed by atoms with Crippen LogP contribution in [-0.2, 0) is 0 Å². The molecule has 0 aromatic rings. The van der Waals surface area contributed by atoms with E-state index >= 15 is 0 Å². The van der Waals surface area contributed by atoms with Crippen molar-refractivity contribution in [3.8, 4) is 0 Å². The van der Waals surface area contributed by atoms with E-state index in [4.69, 9.17) is 0 Å². The van der Waals surface area contributed by atoms with Gasteiger partial charge in [0.25, 0.3) is 0 Å². The highest BCUT2D eigenvalue weighted by Crippen LogP contribution is 2.01. The molecule has 0 aliphatic heterocycles. The predicted octanol–water partition coefficient (Wildman–Crippen LogP) is 2.29. The van der Waals surface area contributed by atoms with Gasteiger partial charge in [-0.15, -0.1) is 0 Å². The summed E-state index contributed by atoms with van der Waals surface area (Å²) < 4.78 is 2.31. The van der Waals surface area contributed by atoms with Crippen LogP contribution in [0, 0.1) is 0 Å². The van der Waals surface area contributed by atoms with Crippen LogP contribution in [0.4, 0.5) is 0 Å². The monoisotopic (exact) mass is 147 g/mol. The second-order valence-electron chi connectivity index (χ2n) is 2.39. The zero-order chi connectivity index (χ0) is 7.11. The Hall–Kier alpha value is 0.390. The standard InChI is InChI=1S/C7H18NP/c1-3-5-7-8(9)6-4-2/h3-7,9H2,1-2H3. The van der Waals surface area contributed by atoms with E-state index in [0.717, 1.165) is 0 Å². The lowest BCUT2D eigenvalue weighted by Crippen LogP contribution is -2.12. The summed E-state index contributed by atoms with van der Waals surface area (Å²) in [5, 5.41) is 0. The number of rotatable bonds is 5. The molecule has 0 N–H and O–H groups in total. The number of nitrogens with zero attached hydrogens (tertiary/aromatic N) is 1.